The molecular formula is C14H13N3O2. The molecule has 5 heteroatoms. The van der Waals surface area contributed by atoms with Gasteiger partial charge >= 0.3 is 0 Å². The van der Waals surface area contributed by atoms with E-state index in [2.05, 4.69) is 15.3 Å². The number of hydrogen-bond acceptors (Lipinski definition) is 3. The summed E-state index contributed by atoms with van der Waals surface area (Å²) in [7, 11) is 0. The fourth-order valence-electron chi connectivity index (χ4n) is 1.99. The minimum atomic E-state index is -0.145. The zero-order valence-electron chi connectivity index (χ0n) is 10.4. The average molecular weight is 255 g/mol. The molecule has 3 rings (SSSR count). The third-order valence-corrected chi connectivity index (χ3v) is 2.90. The zero-order valence-corrected chi connectivity index (χ0v) is 10.4. The van der Waals surface area contributed by atoms with E-state index in [4.69, 9.17) is 4.42 Å². The van der Waals surface area contributed by atoms with Gasteiger partial charge in [0.2, 0.25) is 5.89 Å². The van der Waals surface area contributed by atoms with Crippen molar-refractivity contribution in [2.75, 3.05) is 0 Å². The van der Waals surface area contributed by atoms with Crippen molar-refractivity contribution in [1.29, 1.82) is 0 Å². The minimum Gasteiger partial charge on any atom is -0.444 e. The first-order valence-electron chi connectivity index (χ1n) is 5.99. The molecule has 2 aromatic heterocycles. The van der Waals surface area contributed by atoms with E-state index in [0.717, 1.165) is 16.7 Å². The highest BCUT2D eigenvalue weighted by Crippen LogP contribution is 2.17. The molecule has 0 saturated carbocycles. The van der Waals surface area contributed by atoms with Gasteiger partial charge in [0.1, 0.15) is 5.76 Å². The summed E-state index contributed by atoms with van der Waals surface area (Å²) in [5.41, 5.74) is 1.57. The Morgan fingerprint density at radius 2 is 2.26 bits per heavy atom. The maximum absolute atomic E-state index is 12.1. The molecule has 96 valence electrons. The molecule has 1 aromatic carbocycles. The van der Waals surface area contributed by atoms with Crippen molar-refractivity contribution < 1.29 is 9.21 Å². The maximum Gasteiger partial charge on any atom is 0.253 e. The van der Waals surface area contributed by atoms with E-state index in [1.807, 2.05) is 31.2 Å². The third kappa shape index (κ3) is 2.22. The number of carbonyl (C=O) groups is 1. The smallest absolute Gasteiger partial charge is 0.253 e. The highest BCUT2D eigenvalue weighted by molar-refractivity contribution is 6.06. The molecule has 0 bridgehead atoms. The number of amides is 1. The number of hydrogen-bond donors (Lipinski definition) is 2. The van der Waals surface area contributed by atoms with Crippen LogP contribution in [0.1, 0.15) is 22.0 Å². The molecule has 0 aliphatic heterocycles. The van der Waals surface area contributed by atoms with Crippen molar-refractivity contribution in [1.82, 2.24) is 15.3 Å². The van der Waals surface area contributed by atoms with Crippen molar-refractivity contribution in [2.24, 2.45) is 0 Å². The maximum atomic E-state index is 12.1. The molecule has 0 aliphatic carbocycles. The number of carbonyl (C=O) groups excluding carboxylic acids is 1. The monoisotopic (exact) mass is 255 g/mol. The molecule has 0 unspecified atom stereocenters. The number of benzene rings is 1. The lowest BCUT2D eigenvalue weighted by atomic mass is 10.1. The summed E-state index contributed by atoms with van der Waals surface area (Å²) in [6, 6.07) is 7.68. The lowest BCUT2D eigenvalue weighted by Crippen LogP contribution is -2.22. The van der Waals surface area contributed by atoms with Crippen molar-refractivity contribution in [3.05, 3.63) is 53.9 Å². The van der Waals surface area contributed by atoms with E-state index < -0.39 is 0 Å². The molecule has 19 heavy (non-hydrogen) atoms. The number of nitrogens with one attached hydrogen (secondary N) is 2. The molecule has 5 nitrogen and oxygen atoms in total. The quantitative estimate of drug-likeness (QED) is 0.755. The lowest BCUT2D eigenvalue weighted by molar-refractivity contribution is 0.0949. The van der Waals surface area contributed by atoms with Crippen LogP contribution < -0.4 is 5.32 Å². The van der Waals surface area contributed by atoms with Crippen LogP contribution in [0.25, 0.3) is 10.9 Å². The van der Waals surface area contributed by atoms with Gasteiger partial charge < -0.3 is 14.7 Å². The van der Waals surface area contributed by atoms with Gasteiger partial charge in [0.05, 0.1) is 18.3 Å². The first kappa shape index (κ1) is 11.5. The normalized spacial score (nSPS) is 10.8. The van der Waals surface area contributed by atoms with Crippen LogP contribution in [0.15, 0.2) is 41.1 Å². The summed E-state index contributed by atoms with van der Waals surface area (Å²) in [4.78, 5) is 19.2. The summed E-state index contributed by atoms with van der Waals surface area (Å²) >= 11 is 0. The van der Waals surface area contributed by atoms with E-state index in [9.17, 15) is 4.79 Å². The van der Waals surface area contributed by atoms with Gasteiger partial charge in [-0.2, -0.15) is 0 Å². The molecule has 0 atom stereocenters. The van der Waals surface area contributed by atoms with Crippen LogP contribution in [0.3, 0.4) is 0 Å². The minimum absolute atomic E-state index is 0.145. The molecule has 0 fully saturated rings. The summed E-state index contributed by atoms with van der Waals surface area (Å²) < 4.78 is 5.31. The highest BCUT2D eigenvalue weighted by atomic mass is 16.4. The van der Waals surface area contributed by atoms with Crippen LogP contribution in [0.4, 0.5) is 0 Å². The van der Waals surface area contributed by atoms with Crippen LogP contribution in [0.2, 0.25) is 0 Å². The van der Waals surface area contributed by atoms with Crippen molar-refractivity contribution >= 4 is 16.8 Å². The zero-order chi connectivity index (χ0) is 13.2. The number of H-pyrrole nitrogens is 1. The van der Waals surface area contributed by atoms with Gasteiger partial charge in [-0.1, -0.05) is 18.2 Å². The Labute approximate surface area is 109 Å². The first-order valence-corrected chi connectivity index (χ1v) is 5.99. The topological polar surface area (TPSA) is 70.9 Å². The molecule has 3 aromatic rings. The Hall–Kier alpha value is -2.56. The van der Waals surface area contributed by atoms with Gasteiger partial charge in [-0.15, -0.1) is 0 Å². The Morgan fingerprint density at radius 3 is 3.05 bits per heavy atom. The molecule has 0 radical (unpaired) electrons. The Bertz CT molecular complexity index is 727. The van der Waals surface area contributed by atoms with Gasteiger partial charge in [0.15, 0.2) is 0 Å². The van der Waals surface area contributed by atoms with Crippen molar-refractivity contribution in [2.45, 2.75) is 13.5 Å². The van der Waals surface area contributed by atoms with Crippen molar-refractivity contribution in [3.63, 3.8) is 0 Å². The predicted octanol–water partition coefficient (Wildman–Crippen LogP) is 2.39. The Morgan fingerprint density at radius 1 is 1.42 bits per heavy atom. The molecule has 1 amide bonds. The average Bonchev–Trinajstić information content (AvgIpc) is 3.02. The van der Waals surface area contributed by atoms with E-state index in [0.29, 0.717) is 11.5 Å². The van der Waals surface area contributed by atoms with Gasteiger partial charge in [0.25, 0.3) is 5.91 Å². The van der Waals surface area contributed by atoms with Gasteiger partial charge in [0, 0.05) is 17.1 Å². The van der Waals surface area contributed by atoms with Gasteiger partial charge in [-0.25, -0.2) is 4.98 Å². The summed E-state index contributed by atoms with van der Waals surface area (Å²) in [5, 5.41) is 3.70. The predicted molar refractivity (Wildman–Crippen MR) is 70.7 cm³/mol. The SMILES string of the molecule is Cc1cnc(CNC(=O)c2c[nH]c3ccccc23)o1. The van der Waals surface area contributed by atoms with E-state index in [1.165, 1.54) is 0 Å². The lowest BCUT2D eigenvalue weighted by Gasteiger charge is -2.01. The Kier molecular flexibility index (Phi) is 2.79. The second kappa shape index (κ2) is 4.61. The first-order chi connectivity index (χ1) is 9.24. The van der Waals surface area contributed by atoms with Crippen molar-refractivity contribution in [3.8, 4) is 0 Å². The number of nitrogens with zero attached hydrogens (tertiary/aromatic N) is 1. The van der Waals surface area contributed by atoms with E-state index in [1.54, 1.807) is 12.4 Å². The Balaban J connectivity index is 1.77. The highest BCUT2D eigenvalue weighted by Gasteiger charge is 2.12. The fraction of sp³-hybridized carbons (Fsp3) is 0.143. The second-order valence-electron chi connectivity index (χ2n) is 4.30. The van der Waals surface area contributed by atoms with Gasteiger partial charge in [-0.05, 0) is 13.0 Å². The number of para-hydroxylation sites is 1. The standard InChI is InChI=1S/C14H13N3O2/c1-9-6-16-13(19-9)8-17-14(18)11-7-15-12-5-3-2-4-10(11)12/h2-7,15H,8H2,1H3,(H,17,18). The number of fused-ring (bicyclic) bond motifs is 1. The van der Waals surface area contributed by atoms with Crippen LogP contribution in [-0.4, -0.2) is 15.9 Å². The molecule has 0 spiro atoms. The number of aryl methyl sites for hydroxylation is 1. The van der Waals surface area contributed by atoms with Gasteiger partial charge in [-0.3, -0.25) is 4.79 Å². The van der Waals surface area contributed by atoms with E-state index >= 15 is 0 Å². The summed E-state index contributed by atoms with van der Waals surface area (Å²) in [6.07, 6.45) is 3.34. The van der Waals surface area contributed by atoms with Crippen LogP contribution in [0.5, 0.6) is 0 Å². The molecule has 2 N–H and O–H groups in total. The fourth-order valence-corrected chi connectivity index (χ4v) is 1.99. The largest absolute Gasteiger partial charge is 0.444 e. The molecule has 2 heterocycles. The summed E-state index contributed by atoms with van der Waals surface area (Å²) in [5.74, 6) is 1.09. The van der Waals surface area contributed by atoms with Crippen LogP contribution in [-0.2, 0) is 6.54 Å². The number of oxazole rings is 1. The molecular weight excluding hydrogens is 242 g/mol. The number of rotatable bonds is 3. The number of aromatic nitrogens is 2. The summed E-state index contributed by atoms with van der Waals surface area (Å²) in [6.45, 7) is 2.10. The second-order valence-corrected chi connectivity index (χ2v) is 4.30. The molecule has 0 aliphatic rings. The third-order valence-electron chi connectivity index (χ3n) is 2.90. The van der Waals surface area contributed by atoms with Crippen LogP contribution >= 0.6 is 0 Å². The number of aromatic amines is 1. The van der Waals surface area contributed by atoms with Crippen LogP contribution in [0, 0.1) is 6.92 Å². The van der Waals surface area contributed by atoms with E-state index in [-0.39, 0.29) is 12.5 Å². The molecule has 0 saturated heterocycles.